The summed E-state index contributed by atoms with van der Waals surface area (Å²) in [6, 6.07) is 16.5. The molecule has 0 aliphatic rings. The fraction of sp³-hybridized carbons (Fsp3) is 0.278. The zero-order valence-corrected chi connectivity index (χ0v) is 12.9. The number of rotatable bonds is 5. The van der Waals surface area contributed by atoms with Crippen LogP contribution in [0.1, 0.15) is 25.0 Å². The fourth-order valence-corrected chi connectivity index (χ4v) is 2.40. The summed E-state index contributed by atoms with van der Waals surface area (Å²) in [6.45, 7) is 7.55. The van der Waals surface area contributed by atoms with Gasteiger partial charge in [0.05, 0.1) is 0 Å². The molecule has 0 aromatic heterocycles. The Kier molecular flexibility index (Phi) is 4.99. The summed E-state index contributed by atoms with van der Waals surface area (Å²) < 4.78 is 0. The van der Waals surface area contributed by atoms with Gasteiger partial charge >= 0.3 is 0 Å². The summed E-state index contributed by atoms with van der Waals surface area (Å²) in [6.07, 6.45) is 0. The van der Waals surface area contributed by atoms with Gasteiger partial charge in [-0.25, -0.2) is 0 Å². The van der Waals surface area contributed by atoms with E-state index in [4.69, 9.17) is 0 Å². The van der Waals surface area contributed by atoms with Crippen LogP contribution in [-0.2, 0) is 11.3 Å². The number of nitrogens with zero attached hydrogens (tertiary/aromatic N) is 1. The van der Waals surface area contributed by atoms with Crippen LogP contribution >= 0.6 is 0 Å². The van der Waals surface area contributed by atoms with Crippen LogP contribution in [0.25, 0.3) is 0 Å². The van der Waals surface area contributed by atoms with Crippen LogP contribution in [0.5, 0.6) is 0 Å². The van der Waals surface area contributed by atoms with Crippen LogP contribution in [0.3, 0.4) is 0 Å². The quantitative estimate of drug-likeness (QED) is 0.899. The molecule has 0 fully saturated rings. The summed E-state index contributed by atoms with van der Waals surface area (Å²) in [7, 11) is 0. The Labute approximate surface area is 126 Å². The maximum Gasteiger partial charge on any atom is 0.221 e. The lowest BCUT2D eigenvalue weighted by molar-refractivity contribution is -0.114. The lowest BCUT2D eigenvalue weighted by Gasteiger charge is -2.26. The second-order valence-corrected chi connectivity index (χ2v) is 5.18. The first kappa shape index (κ1) is 15.1. The van der Waals surface area contributed by atoms with E-state index in [0.29, 0.717) is 0 Å². The number of hydrogen-bond acceptors (Lipinski definition) is 2. The van der Waals surface area contributed by atoms with Gasteiger partial charge in [-0.3, -0.25) is 4.79 Å². The van der Waals surface area contributed by atoms with Crippen molar-refractivity contribution in [1.29, 1.82) is 0 Å². The molecule has 2 rings (SSSR count). The van der Waals surface area contributed by atoms with Gasteiger partial charge in [0.2, 0.25) is 5.91 Å². The van der Waals surface area contributed by atoms with Crippen molar-refractivity contribution in [1.82, 2.24) is 0 Å². The van der Waals surface area contributed by atoms with E-state index in [2.05, 4.69) is 48.3 Å². The van der Waals surface area contributed by atoms with Crippen LogP contribution in [-0.4, -0.2) is 12.5 Å². The topological polar surface area (TPSA) is 32.3 Å². The highest BCUT2D eigenvalue weighted by Gasteiger charge is 2.09. The number of hydrogen-bond donors (Lipinski definition) is 1. The van der Waals surface area contributed by atoms with E-state index in [0.717, 1.165) is 24.5 Å². The minimum Gasteiger partial charge on any atom is -0.367 e. The van der Waals surface area contributed by atoms with Gasteiger partial charge in [-0.15, -0.1) is 0 Å². The lowest BCUT2D eigenvalue weighted by Crippen LogP contribution is -2.23. The number of nitrogens with one attached hydrogen (secondary N) is 1. The molecule has 2 aromatic rings. The fourth-order valence-electron chi connectivity index (χ4n) is 2.40. The average molecular weight is 282 g/mol. The average Bonchev–Trinajstić information content (AvgIpc) is 2.47. The summed E-state index contributed by atoms with van der Waals surface area (Å²) in [4.78, 5) is 13.5. The van der Waals surface area contributed by atoms with E-state index in [-0.39, 0.29) is 5.91 Å². The normalized spacial score (nSPS) is 10.2. The van der Waals surface area contributed by atoms with E-state index >= 15 is 0 Å². The molecule has 21 heavy (non-hydrogen) atoms. The van der Waals surface area contributed by atoms with E-state index in [9.17, 15) is 4.79 Å². The third-order valence-corrected chi connectivity index (χ3v) is 3.47. The maximum absolute atomic E-state index is 11.2. The predicted molar refractivity (Wildman–Crippen MR) is 88.6 cm³/mol. The molecule has 0 atom stereocenters. The van der Waals surface area contributed by atoms with Crippen molar-refractivity contribution in [3.05, 3.63) is 59.7 Å². The van der Waals surface area contributed by atoms with Crippen molar-refractivity contribution < 1.29 is 4.79 Å². The summed E-state index contributed by atoms with van der Waals surface area (Å²) in [5.74, 6) is -0.0455. The third-order valence-electron chi connectivity index (χ3n) is 3.47. The number of carbonyl (C=O) groups is 1. The molecule has 0 unspecified atom stereocenters. The molecule has 3 heteroatoms. The van der Waals surface area contributed by atoms with E-state index in [1.165, 1.54) is 18.1 Å². The van der Waals surface area contributed by atoms with Gasteiger partial charge in [-0.2, -0.15) is 0 Å². The van der Waals surface area contributed by atoms with Gasteiger partial charge in [-0.1, -0.05) is 36.4 Å². The van der Waals surface area contributed by atoms with Gasteiger partial charge in [0.25, 0.3) is 0 Å². The Morgan fingerprint density at radius 2 is 1.86 bits per heavy atom. The molecule has 2 aromatic carbocycles. The first-order valence-electron chi connectivity index (χ1n) is 7.27. The van der Waals surface area contributed by atoms with Gasteiger partial charge in [0.1, 0.15) is 0 Å². The summed E-state index contributed by atoms with van der Waals surface area (Å²) >= 11 is 0. The standard InChI is InChI=1S/C18H22N2O/c1-4-20(13-16-8-6-5-7-9-16)18-12-17(19-15(3)21)11-10-14(18)2/h5-12H,4,13H2,1-3H3,(H,19,21). The van der Waals surface area contributed by atoms with Crippen molar-refractivity contribution in [2.45, 2.75) is 27.3 Å². The molecule has 3 nitrogen and oxygen atoms in total. The highest BCUT2D eigenvalue weighted by molar-refractivity contribution is 5.89. The Hall–Kier alpha value is -2.29. The Bertz CT molecular complexity index is 608. The number of anilines is 2. The van der Waals surface area contributed by atoms with Crippen LogP contribution in [0.2, 0.25) is 0 Å². The van der Waals surface area contributed by atoms with Gasteiger partial charge in [0, 0.05) is 31.4 Å². The van der Waals surface area contributed by atoms with Gasteiger partial charge < -0.3 is 10.2 Å². The lowest BCUT2D eigenvalue weighted by atomic mass is 10.1. The SMILES string of the molecule is CCN(Cc1ccccc1)c1cc(NC(C)=O)ccc1C. The molecular weight excluding hydrogens is 260 g/mol. The predicted octanol–water partition coefficient (Wildman–Crippen LogP) is 3.98. The number of benzene rings is 2. The van der Waals surface area contributed by atoms with Crippen molar-refractivity contribution >= 4 is 17.3 Å². The summed E-state index contributed by atoms with van der Waals surface area (Å²) in [5, 5.41) is 2.85. The maximum atomic E-state index is 11.2. The Morgan fingerprint density at radius 3 is 2.48 bits per heavy atom. The Balaban J connectivity index is 2.26. The second-order valence-electron chi connectivity index (χ2n) is 5.18. The monoisotopic (exact) mass is 282 g/mol. The molecule has 0 bridgehead atoms. The molecule has 0 spiro atoms. The van der Waals surface area contributed by atoms with Crippen molar-refractivity contribution in [3.8, 4) is 0 Å². The van der Waals surface area contributed by atoms with Crippen LogP contribution < -0.4 is 10.2 Å². The van der Waals surface area contributed by atoms with Crippen LogP contribution in [0, 0.1) is 6.92 Å². The van der Waals surface area contributed by atoms with Crippen molar-refractivity contribution in [2.24, 2.45) is 0 Å². The highest BCUT2D eigenvalue weighted by atomic mass is 16.1. The van der Waals surface area contributed by atoms with Gasteiger partial charge in [0.15, 0.2) is 0 Å². The molecule has 1 amide bonds. The number of aryl methyl sites for hydroxylation is 1. The van der Waals surface area contributed by atoms with E-state index in [1.807, 2.05) is 24.3 Å². The third kappa shape index (κ3) is 4.09. The first-order valence-corrected chi connectivity index (χ1v) is 7.27. The molecule has 110 valence electrons. The minimum absolute atomic E-state index is 0.0455. The van der Waals surface area contributed by atoms with E-state index < -0.39 is 0 Å². The molecule has 0 saturated carbocycles. The molecule has 0 aliphatic carbocycles. The molecule has 0 heterocycles. The van der Waals surface area contributed by atoms with Crippen LogP contribution in [0.4, 0.5) is 11.4 Å². The minimum atomic E-state index is -0.0455. The molecule has 0 aliphatic heterocycles. The largest absolute Gasteiger partial charge is 0.367 e. The van der Waals surface area contributed by atoms with Crippen molar-refractivity contribution in [2.75, 3.05) is 16.8 Å². The zero-order chi connectivity index (χ0) is 15.2. The van der Waals surface area contributed by atoms with Crippen LogP contribution in [0.15, 0.2) is 48.5 Å². The zero-order valence-electron chi connectivity index (χ0n) is 12.9. The molecular formula is C18H22N2O. The number of carbonyl (C=O) groups excluding carboxylic acids is 1. The van der Waals surface area contributed by atoms with Gasteiger partial charge in [-0.05, 0) is 37.1 Å². The molecule has 1 N–H and O–H groups in total. The smallest absolute Gasteiger partial charge is 0.221 e. The number of amides is 1. The highest BCUT2D eigenvalue weighted by Crippen LogP contribution is 2.25. The first-order chi connectivity index (χ1) is 10.1. The van der Waals surface area contributed by atoms with E-state index in [1.54, 1.807) is 0 Å². The second kappa shape index (κ2) is 6.93. The molecule has 0 saturated heterocycles. The summed E-state index contributed by atoms with van der Waals surface area (Å²) in [5.41, 5.74) is 4.49. The molecule has 0 radical (unpaired) electrons. The Morgan fingerprint density at radius 1 is 1.14 bits per heavy atom. The van der Waals surface area contributed by atoms with Crippen molar-refractivity contribution in [3.63, 3.8) is 0 Å².